The first-order chi connectivity index (χ1) is 12.5. The molecule has 2 fully saturated rings. The fourth-order valence-corrected chi connectivity index (χ4v) is 3.88. The Hall–Kier alpha value is -2.48. The van der Waals surface area contributed by atoms with Crippen molar-refractivity contribution in [1.29, 1.82) is 0 Å². The summed E-state index contributed by atoms with van der Waals surface area (Å²) in [6.07, 6.45) is 6.57. The Bertz CT molecular complexity index is 858. The number of hydrogen-bond donors (Lipinski definition) is 0. The standard InChI is InChI=1S/C18H23N5O3/c1-13-10-19-15-14(11-20-23(15)12-13)16(24)22-5-3-4-18(22,2)17(25)21-6-8-26-9-7-21/h10-12H,3-9H2,1-2H3/t18-/m1/s1. The van der Waals surface area contributed by atoms with E-state index in [-0.39, 0.29) is 11.8 Å². The van der Waals surface area contributed by atoms with Crippen LogP contribution < -0.4 is 0 Å². The van der Waals surface area contributed by atoms with Crippen LogP contribution in [-0.4, -0.2) is 74.6 Å². The minimum Gasteiger partial charge on any atom is -0.378 e. The van der Waals surface area contributed by atoms with Gasteiger partial charge in [0.05, 0.1) is 19.4 Å². The zero-order valence-electron chi connectivity index (χ0n) is 15.1. The molecule has 2 aromatic heterocycles. The molecule has 0 radical (unpaired) electrons. The third-order valence-electron chi connectivity index (χ3n) is 5.36. The van der Waals surface area contributed by atoms with Crippen molar-refractivity contribution in [3.8, 4) is 0 Å². The maximum Gasteiger partial charge on any atom is 0.260 e. The van der Waals surface area contributed by atoms with Gasteiger partial charge in [-0.05, 0) is 32.3 Å². The number of morpholine rings is 1. The summed E-state index contributed by atoms with van der Waals surface area (Å²) in [5, 5.41) is 4.25. The molecular formula is C18H23N5O3. The number of hydrogen-bond acceptors (Lipinski definition) is 5. The molecule has 8 heteroatoms. The molecule has 26 heavy (non-hydrogen) atoms. The minimum atomic E-state index is -0.826. The van der Waals surface area contributed by atoms with Gasteiger partial charge in [-0.2, -0.15) is 5.10 Å². The summed E-state index contributed by atoms with van der Waals surface area (Å²) < 4.78 is 6.95. The lowest BCUT2D eigenvalue weighted by atomic mass is 9.96. The van der Waals surface area contributed by atoms with Crippen LogP contribution in [-0.2, 0) is 9.53 Å². The monoisotopic (exact) mass is 357 g/mol. The molecule has 1 atom stereocenters. The van der Waals surface area contributed by atoms with Crippen molar-refractivity contribution >= 4 is 17.5 Å². The molecular weight excluding hydrogens is 334 g/mol. The molecule has 2 aromatic rings. The Morgan fingerprint density at radius 1 is 1.19 bits per heavy atom. The highest BCUT2D eigenvalue weighted by Crippen LogP contribution is 2.33. The molecule has 0 unspecified atom stereocenters. The maximum absolute atomic E-state index is 13.2. The van der Waals surface area contributed by atoms with Gasteiger partial charge in [0.15, 0.2) is 5.65 Å². The summed E-state index contributed by atoms with van der Waals surface area (Å²) in [5.74, 6) is -0.176. The van der Waals surface area contributed by atoms with E-state index in [1.807, 2.05) is 24.9 Å². The number of rotatable bonds is 2. The number of ether oxygens (including phenoxy) is 1. The smallest absolute Gasteiger partial charge is 0.260 e. The fraction of sp³-hybridized carbons (Fsp3) is 0.556. The van der Waals surface area contributed by atoms with E-state index in [1.165, 1.54) is 0 Å². The second-order valence-corrected chi connectivity index (χ2v) is 7.20. The Morgan fingerprint density at radius 2 is 1.96 bits per heavy atom. The molecule has 0 saturated carbocycles. The Balaban J connectivity index is 1.64. The number of carbonyl (C=O) groups is 2. The lowest BCUT2D eigenvalue weighted by Crippen LogP contribution is -2.58. The van der Waals surface area contributed by atoms with Crippen LogP contribution in [0.4, 0.5) is 0 Å². The summed E-state index contributed by atoms with van der Waals surface area (Å²) in [5.41, 5.74) is 1.10. The normalized spacial score (nSPS) is 23.6. The van der Waals surface area contributed by atoms with Crippen LogP contribution >= 0.6 is 0 Å². The summed E-state index contributed by atoms with van der Waals surface area (Å²) >= 11 is 0. The molecule has 2 aliphatic rings. The van der Waals surface area contributed by atoms with Crippen LogP contribution in [0, 0.1) is 6.92 Å². The van der Waals surface area contributed by atoms with Crippen molar-refractivity contribution in [2.24, 2.45) is 0 Å². The van der Waals surface area contributed by atoms with E-state index in [2.05, 4.69) is 10.1 Å². The molecule has 2 saturated heterocycles. The maximum atomic E-state index is 13.2. The topological polar surface area (TPSA) is 80.0 Å². The van der Waals surface area contributed by atoms with Gasteiger partial charge < -0.3 is 14.5 Å². The third-order valence-corrected chi connectivity index (χ3v) is 5.36. The van der Waals surface area contributed by atoms with Crippen LogP contribution in [0.5, 0.6) is 0 Å². The Labute approximate surface area is 151 Å². The van der Waals surface area contributed by atoms with E-state index in [9.17, 15) is 9.59 Å². The fourth-order valence-electron chi connectivity index (χ4n) is 3.88. The van der Waals surface area contributed by atoms with Crippen LogP contribution in [0.2, 0.25) is 0 Å². The highest BCUT2D eigenvalue weighted by atomic mass is 16.5. The van der Waals surface area contributed by atoms with E-state index in [0.717, 1.165) is 12.0 Å². The summed E-state index contributed by atoms with van der Waals surface area (Å²) in [7, 11) is 0. The van der Waals surface area contributed by atoms with Gasteiger partial charge in [0.2, 0.25) is 5.91 Å². The number of carbonyl (C=O) groups excluding carboxylic acids is 2. The van der Waals surface area contributed by atoms with Gasteiger partial charge in [0, 0.05) is 32.0 Å². The number of amides is 2. The molecule has 8 nitrogen and oxygen atoms in total. The molecule has 2 amide bonds. The van der Waals surface area contributed by atoms with Crippen molar-refractivity contribution in [3.05, 3.63) is 29.7 Å². The molecule has 0 bridgehead atoms. The van der Waals surface area contributed by atoms with E-state index >= 15 is 0 Å². The van der Waals surface area contributed by atoms with E-state index in [0.29, 0.717) is 50.5 Å². The van der Waals surface area contributed by atoms with Crippen LogP contribution in [0.1, 0.15) is 35.7 Å². The average Bonchev–Trinajstić information content (AvgIpc) is 3.25. The Kier molecular flexibility index (Phi) is 4.14. The van der Waals surface area contributed by atoms with Crippen LogP contribution in [0.15, 0.2) is 18.6 Å². The predicted octanol–water partition coefficient (Wildman–Crippen LogP) is 0.891. The van der Waals surface area contributed by atoms with Crippen LogP contribution in [0.3, 0.4) is 0 Å². The van der Waals surface area contributed by atoms with Gasteiger partial charge in [-0.3, -0.25) is 9.59 Å². The molecule has 0 spiro atoms. The number of aromatic nitrogens is 3. The lowest BCUT2D eigenvalue weighted by Gasteiger charge is -2.39. The van der Waals surface area contributed by atoms with Crippen molar-refractivity contribution in [2.75, 3.05) is 32.8 Å². The first-order valence-electron chi connectivity index (χ1n) is 9.00. The van der Waals surface area contributed by atoms with E-state index in [1.54, 1.807) is 21.8 Å². The largest absolute Gasteiger partial charge is 0.378 e. The summed E-state index contributed by atoms with van der Waals surface area (Å²) in [6.45, 7) is 6.61. The second kappa shape index (κ2) is 6.35. The highest BCUT2D eigenvalue weighted by molar-refractivity contribution is 6.03. The van der Waals surface area contributed by atoms with Crippen LogP contribution in [0.25, 0.3) is 5.65 Å². The number of fused-ring (bicyclic) bond motifs is 1. The molecule has 0 aromatic carbocycles. The average molecular weight is 357 g/mol. The number of aryl methyl sites for hydroxylation is 1. The van der Waals surface area contributed by atoms with Gasteiger partial charge in [0.25, 0.3) is 5.91 Å². The molecule has 4 rings (SSSR count). The summed E-state index contributed by atoms with van der Waals surface area (Å²) in [6, 6.07) is 0. The highest BCUT2D eigenvalue weighted by Gasteiger charge is 2.48. The van der Waals surface area contributed by atoms with Crippen molar-refractivity contribution < 1.29 is 14.3 Å². The van der Waals surface area contributed by atoms with Gasteiger partial charge in [-0.25, -0.2) is 9.50 Å². The zero-order chi connectivity index (χ0) is 18.3. The molecule has 2 aliphatic heterocycles. The van der Waals surface area contributed by atoms with Crippen molar-refractivity contribution in [1.82, 2.24) is 24.4 Å². The minimum absolute atomic E-state index is 0.00641. The van der Waals surface area contributed by atoms with E-state index < -0.39 is 5.54 Å². The van der Waals surface area contributed by atoms with Gasteiger partial charge in [-0.15, -0.1) is 0 Å². The molecule has 0 N–H and O–H groups in total. The van der Waals surface area contributed by atoms with Crippen molar-refractivity contribution in [2.45, 2.75) is 32.2 Å². The molecule has 0 aliphatic carbocycles. The van der Waals surface area contributed by atoms with Gasteiger partial charge >= 0.3 is 0 Å². The lowest BCUT2D eigenvalue weighted by molar-refractivity contribution is -0.144. The predicted molar refractivity (Wildman–Crippen MR) is 93.8 cm³/mol. The number of nitrogens with zero attached hydrogens (tertiary/aromatic N) is 5. The SMILES string of the molecule is Cc1cnc2c(C(=O)N3CCC[C@]3(C)C(=O)N3CCOCC3)cnn2c1. The first-order valence-corrected chi connectivity index (χ1v) is 9.00. The third kappa shape index (κ3) is 2.65. The first kappa shape index (κ1) is 17.0. The second-order valence-electron chi connectivity index (χ2n) is 7.20. The number of likely N-dealkylation sites (tertiary alicyclic amines) is 1. The van der Waals surface area contributed by atoms with Gasteiger partial charge in [0.1, 0.15) is 11.1 Å². The zero-order valence-corrected chi connectivity index (χ0v) is 15.1. The van der Waals surface area contributed by atoms with Crippen molar-refractivity contribution in [3.63, 3.8) is 0 Å². The van der Waals surface area contributed by atoms with E-state index in [4.69, 9.17) is 4.74 Å². The molecule has 4 heterocycles. The quantitative estimate of drug-likeness (QED) is 0.797. The summed E-state index contributed by atoms with van der Waals surface area (Å²) in [4.78, 5) is 34.3. The molecule has 138 valence electrons. The Morgan fingerprint density at radius 3 is 2.73 bits per heavy atom. The van der Waals surface area contributed by atoms with Gasteiger partial charge in [-0.1, -0.05) is 0 Å².